The van der Waals surface area contributed by atoms with Crippen molar-refractivity contribution in [2.75, 3.05) is 20.1 Å². The van der Waals surface area contributed by atoms with Crippen LogP contribution in [0.15, 0.2) is 0 Å². The molecule has 1 rings (SSSR count). The molecule has 1 aliphatic heterocycles. The maximum absolute atomic E-state index is 3.81. The van der Waals surface area contributed by atoms with Crippen molar-refractivity contribution in [3.63, 3.8) is 0 Å². The fraction of sp³-hybridized carbons (Fsp3) is 1.00. The van der Waals surface area contributed by atoms with Crippen molar-refractivity contribution in [2.45, 2.75) is 44.0 Å². The van der Waals surface area contributed by atoms with Crippen LogP contribution in [0, 0.1) is 0 Å². The number of nitrogens with zero attached hydrogens (tertiary/aromatic N) is 1. The summed E-state index contributed by atoms with van der Waals surface area (Å²) >= 11 is 3.81. The third-order valence-electron chi connectivity index (χ3n) is 3.06. The van der Waals surface area contributed by atoms with Gasteiger partial charge in [0.05, 0.1) is 20.1 Å². The van der Waals surface area contributed by atoms with Gasteiger partial charge in [-0.15, -0.1) is 0 Å². The van der Waals surface area contributed by atoms with Gasteiger partial charge in [0, 0.05) is 6.42 Å². The molecular weight excluding hydrogens is 214 g/mol. The molecule has 0 aromatic carbocycles. The number of alkyl halides is 1. The molecule has 0 N–H and O–H groups in total. The summed E-state index contributed by atoms with van der Waals surface area (Å²) in [5.41, 5.74) is 0. The number of piperidine rings is 1. The van der Waals surface area contributed by atoms with Crippen LogP contribution in [-0.2, 0) is 0 Å². The molecule has 1 heterocycles. The predicted molar refractivity (Wildman–Crippen MR) is 57.4 cm³/mol. The van der Waals surface area contributed by atoms with Crippen molar-refractivity contribution < 1.29 is 4.48 Å². The summed E-state index contributed by atoms with van der Waals surface area (Å²) in [5, 5.41) is 0. The molecule has 0 aliphatic carbocycles. The molecule has 0 spiro atoms. The van der Waals surface area contributed by atoms with E-state index < -0.39 is 0 Å². The van der Waals surface area contributed by atoms with Crippen molar-refractivity contribution >= 4 is 15.9 Å². The number of hydrogen-bond donors (Lipinski definition) is 0. The van der Waals surface area contributed by atoms with Gasteiger partial charge in [-0.1, -0.05) is 13.3 Å². The van der Waals surface area contributed by atoms with Gasteiger partial charge >= 0.3 is 0 Å². The zero-order chi connectivity index (χ0) is 9.03. The smallest absolute Gasteiger partial charge is 0.144 e. The molecular formula is C10H21BrN+. The molecule has 0 bridgehead atoms. The van der Waals surface area contributed by atoms with E-state index in [2.05, 4.69) is 29.9 Å². The Labute approximate surface area is 84.9 Å². The molecule has 1 aliphatic rings. The number of halogens is 1. The monoisotopic (exact) mass is 234 g/mol. The SMILES string of the molecule is CCCC[N+]1(C)CCCCC1Br. The van der Waals surface area contributed by atoms with Crippen molar-refractivity contribution in [1.82, 2.24) is 0 Å². The van der Waals surface area contributed by atoms with Crippen LogP contribution in [0.4, 0.5) is 0 Å². The molecule has 1 nitrogen and oxygen atoms in total. The topological polar surface area (TPSA) is 0 Å². The highest BCUT2D eigenvalue weighted by Crippen LogP contribution is 2.28. The second-order valence-corrected chi connectivity index (χ2v) is 5.27. The van der Waals surface area contributed by atoms with E-state index in [1.54, 1.807) is 0 Å². The van der Waals surface area contributed by atoms with Crippen molar-refractivity contribution in [3.8, 4) is 0 Å². The number of likely N-dealkylation sites (tertiary alicyclic amines) is 1. The Kier molecular flexibility index (Phi) is 4.04. The average Bonchev–Trinajstić information content (AvgIpc) is 2.07. The maximum Gasteiger partial charge on any atom is 0.144 e. The zero-order valence-corrected chi connectivity index (χ0v) is 9.94. The van der Waals surface area contributed by atoms with E-state index in [9.17, 15) is 0 Å². The molecule has 1 saturated heterocycles. The van der Waals surface area contributed by atoms with Gasteiger partial charge in [-0.25, -0.2) is 0 Å². The first kappa shape index (κ1) is 10.5. The first-order valence-corrected chi connectivity index (χ1v) is 6.09. The summed E-state index contributed by atoms with van der Waals surface area (Å²) in [6.07, 6.45) is 6.89. The predicted octanol–water partition coefficient (Wildman–Crippen LogP) is 3.14. The summed E-state index contributed by atoms with van der Waals surface area (Å²) < 4.78 is 1.26. The minimum absolute atomic E-state index is 0.720. The van der Waals surface area contributed by atoms with E-state index in [-0.39, 0.29) is 0 Å². The highest BCUT2D eigenvalue weighted by Gasteiger charge is 2.32. The van der Waals surface area contributed by atoms with Gasteiger partial charge in [0.1, 0.15) is 4.95 Å². The first-order chi connectivity index (χ1) is 5.69. The summed E-state index contributed by atoms with van der Waals surface area (Å²) in [6, 6.07) is 0. The fourth-order valence-electron chi connectivity index (χ4n) is 2.01. The van der Waals surface area contributed by atoms with Gasteiger partial charge in [-0.05, 0) is 35.2 Å². The third-order valence-corrected chi connectivity index (χ3v) is 4.51. The largest absolute Gasteiger partial charge is 0.315 e. The van der Waals surface area contributed by atoms with Crippen LogP contribution in [0.2, 0.25) is 0 Å². The van der Waals surface area contributed by atoms with Crippen LogP contribution in [-0.4, -0.2) is 29.6 Å². The molecule has 0 amide bonds. The van der Waals surface area contributed by atoms with Crippen LogP contribution in [0.25, 0.3) is 0 Å². The van der Waals surface area contributed by atoms with E-state index in [0.29, 0.717) is 0 Å². The van der Waals surface area contributed by atoms with Crippen LogP contribution in [0.5, 0.6) is 0 Å². The van der Waals surface area contributed by atoms with Gasteiger partial charge < -0.3 is 4.48 Å². The Morgan fingerprint density at radius 2 is 2.17 bits per heavy atom. The van der Waals surface area contributed by atoms with E-state index in [1.165, 1.54) is 49.7 Å². The number of hydrogen-bond acceptors (Lipinski definition) is 0. The van der Waals surface area contributed by atoms with Crippen LogP contribution >= 0.6 is 15.9 Å². The lowest BCUT2D eigenvalue weighted by Crippen LogP contribution is -2.52. The summed E-state index contributed by atoms with van der Waals surface area (Å²) in [4.78, 5) is 0.720. The van der Waals surface area contributed by atoms with Crippen LogP contribution in [0.1, 0.15) is 39.0 Å². The van der Waals surface area contributed by atoms with Gasteiger partial charge in [0.15, 0.2) is 0 Å². The van der Waals surface area contributed by atoms with Crippen molar-refractivity contribution in [3.05, 3.63) is 0 Å². The zero-order valence-electron chi connectivity index (χ0n) is 8.35. The minimum Gasteiger partial charge on any atom is -0.315 e. The van der Waals surface area contributed by atoms with Gasteiger partial charge in [-0.3, -0.25) is 0 Å². The molecule has 0 aromatic heterocycles. The van der Waals surface area contributed by atoms with Crippen LogP contribution < -0.4 is 0 Å². The number of unbranched alkanes of at least 4 members (excludes halogenated alkanes) is 1. The second-order valence-electron chi connectivity index (χ2n) is 4.21. The summed E-state index contributed by atoms with van der Waals surface area (Å²) in [5.74, 6) is 0. The molecule has 1 fully saturated rings. The highest BCUT2D eigenvalue weighted by molar-refractivity contribution is 9.09. The molecule has 12 heavy (non-hydrogen) atoms. The molecule has 2 atom stereocenters. The average molecular weight is 235 g/mol. The van der Waals surface area contributed by atoms with E-state index >= 15 is 0 Å². The highest BCUT2D eigenvalue weighted by atomic mass is 79.9. The lowest BCUT2D eigenvalue weighted by molar-refractivity contribution is -0.922. The lowest BCUT2D eigenvalue weighted by Gasteiger charge is -2.42. The molecule has 0 saturated carbocycles. The van der Waals surface area contributed by atoms with Gasteiger partial charge in [0.25, 0.3) is 0 Å². The van der Waals surface area contributed by atoms with Crippen molar-refractivity contribution in [1.29, 1.82) is 0 Å². The molecule has 2 heteroatoms. The number of quaternary nitrogens is 1. The Hall–Kier alpha value is 0.440. The maximum atomic E-state index is 3.81. The summed E-state index contributed by atoms with van der Waals surface area (Å²) in [7, 11) is 2.40. The third kappa shape index (κ3) is 2.46. The van der Waals surface area contributed by atoms with Crippen LogP contribution in [0.3, 0.4) is 0 Å². The normalized spacial score (nSPS) is 36.8. The summed E-state index contributed by atoms with van der Waals surface area (Å²) in [6.45, 7) is 5.00. The molecule has 0 aromatic rings. The first-order valence-electron chi connectivity index (χ1n) is 5.17. The Morgan fingerprint density at radius 1 is 1.42 bits per heavy atom. The molecule has 0 radical (unpaired) electrons. The van der Waals surface area contributed by atoms with Crippen molar-refractivity contribution in [2.24, 2.45) is 0 Å². The Bertz CT molecular complexity index is 138. The van der Waals surface area contributed by atoms with E-state index in [1.807, 2.05) is 0 Å². The number of rotatable bonds is 3. The lowest BCUT2D eigenvalue weighted by atomic mass is 10.1. The molecule has 72 valence electrons. The Morgan fingerprint density at radius 3 is 2.75 bits per heavy atom. The van der Waals surface area contributed by atoms with Gasteiger partial charge in [-0.2, -0.15) is 0 Å². The second kappa shape index (κ2) is 4.61. The van der Waals surface area contributed by atoms with E-state index in [0.717, 1.165) is 4.95 Å². The Balaban J connectivity index is 2.42. The molecule has 2 unspecified atom stereocenters. The van der Waals surface area contributed by atoms with Gasteiger partial charge in [0.2, 0.25) is 0 Å². The fourth-order valence-corrected chi connectivity index (χ4v) is 2.74. The van der Waals surface area contributed by atoms with E-state index in [4.69, 9.17) is 0 Å². The standard InChI is InChI=1S/C10H21BrN/c1-3-4-8-12(2)9-6-5-7-10(12)11/h10H,3-9H2,1-2H3/q+1. The minimum atomic E-state index is 0.720. The quantitative estimate of drug-likeness (QED) is 0.400.